The topological polar surface area (TPSA) is 47.2 Å². The van der Waals surface area contributed by atoms with Crippen LogP contribution in [0.25, 0.3) is 11.1 Å². The van der Waals surface area contributed by atoms with Gasteiger partial charge in [0.05, 0.1) is 5.52 Å². The number of fused-ring (bicyclic) bond motifs is 1. The third-order valence-corrected chi connectivity index (χ3v) is 3.30. The van der Waals surface area contributed by atoms with E-state index in [1.54, 1.807) is 7.05 Å². The third-order valence-electron chi connectivity index (χ3n) is 3.30. The van der Waals surface area contributed by atoms with E-state index in [9.17, 15) is 4.79 Å². The summed E-state index contributed by atoms with van der Waals surface area (Å²) in [5.41, 5.74) is 2.70. The Morgan fingerprint density at radius 1 is 1.33 bits per heavy atom. The van der Waals surface area contributed by atoms with Crippen molar-refractivity contribution in [2.45, 2.75) is 26.8 Å². The van der Waals surface area contributed by atoms with Crippen molar-refractivity contribution < 1.29 is 4.42 Å². The van der Waals surface area contributed by atoms with Gasteiger partial charge in [0.2, 0.25) is 0 Å². The summed E-state index contributed by atoms with van der Waals surface area (Å²) < 4.78 is 6.74. The van der Waals surface area contributed by atoms with E-state index in [4.69, 9.17) is 4.42 Å². The molecule has 18 heavy (non-hydrogen) atoms. The number of hydrogen-bond acceptors (Lipinski definition) is 3. The molecule has 0 saturated carbocycles. The Morgan fingerprint density at radius 2 is 2.00 bits per heavy atom. The molecule has 1 N–H and O–H groups in total. The van der Waals surface area contributed by atoms with Crippen LogP contribution >= 0.6 is 0 Å². The molecule has 0 bridgehead atoms. The van der Waals surface area contributed by atoms with Crippen molar-refractivity contribution in [2.75, 3.05) is 7.05 Å². The lowest BCUT2D eigenvalue weighted by atomic mass is 9.82. The molecule has 2 aromatic rings. The number of aryl methyl sites for hydroxylation is 1. The van der Waals surface area contributed by atoms with Gasteiger partial charge in [0.1, 0.15) is 0 Å². The molecule has 0 radical (unpaired) electrons. The molecule has 1 atom stereocenters. The Balaban J connectivity index is 2.56. The first-order chi connectivity index (χ1) is 8.34. The van der Waals surface area contributed by atoms with Crippen LogP contribution in [0.3, 0.4) is 0 Å². The van der Waals surface area contributed by atoms with Gasteiger partial charge in [-0.1, -0.05) is 26.8 Å². The van der Waals surface area contributed by atoms with Crippen molar-refractivity contribution in [3.63, 3.8) is 0 Å². The Hall–Kier alpha value is -1.55. The van der Waals surface area contributed by atoms with E-state index in [0.717, 1.165) is 11.1 Å². The highest BCUT2D eigenvalue weighted by Gasteiger charge is 2.25. The predicted octanol–water partition coefficient (Wildman–Crippen LogP) is 2.44. The van der Waals surface area contributed by atoms with Crippen LogP contribution in [-0.4, -0.2) is 11.6 Å². The lowest BCUT2D eigenvalue weighted by Crippen LogP contribution is -2.29. The molecule has 4 heteroatoms. The summed E-state index contributed by atoms with van der Waals surface area (Å²) in [4.78, 5) is 11.5. The SMILES string of the molecule is CNC(c1ccc2c(c1)oc(=O)n2C)C(C)(C)C. The first-order valence-corrected chi connectivity index (χ1v) is 6.11. The zero-order valence-electron chi connectivity index (χ0n) is 11.6. The molecule has 0 aliphatic heterocycles. The number of nitrogens with zero attached hydrogens (tertiary/aromatic N) is 1. The van der Waals surface area contributed by atoms with Crippen LogP contribution < -0.4 is 11.1 Å². The number of rotatable bonds is 2. The molecular weight excluding hydrogens is 228 g/mol. The first-order valence-electron chi connectivity index (χ1n) is 6.11. The van der Waals surface area contributed by atoms with E-state index in [1.807, 2.05) is 25.2 Å². The first kappa shape index (κ1) is 12.9. The minimum atomic E-state index is -0.320. The Morgan fingerprint density at radius 3 is 2.56 bits per heavy atom. The van der Waals surface area contributed by atoms with Crippen molar-refractivity contribution in [3.8, 4) is 0 Å². The molecule has 1 aromatic carbocycles. The van der Waals surface area contributed by atoms with Crippen molar-refractivity contribution in [2.24, 2.45) is 12.5 Å². The lowest BCUT2D eigenvalue weighted by Gasteiger charge is -2.30. The monoisotopic (exact) mass is 248 g/mol. The van der Waals surface area contributed by atoms with E-state index in [-0.39, 0.29) is 17.2 Å². The number of nitrogens with one attached hydrogen (secondary N) is 1. The molecule has 1 aromatic heterocycles. The minimum Gasteiger partial charge on any atom is -0.408 e. The quantitative estimate of drug-likeness (QED) is 0.888. The summed E-state index contributed by atoms with van der Waals surface area (Å²) in [6, 6.07) is 6.14. The Bertz CT molecular complexity index is 617. The maximum atomic E-state index is 11.5. The average Bonchev–Trinajstić information content (AvgIpc) is 2.53. The van der Waals surface area contributed by atoms with Crippen LogP contribution in [0.4, 0.5) is 0 Å². The third kappa shape index (κ3) is 2.08. The molecule has 0 aliphatic carbocycles. The lowest BCUT2D eigenvalue weighted by molar-refractivity contribution is 0.287. The number of oxazole rings is 1. The van der Waals surface area contributed by atoms with Gasteiger partial charge >= 0.3 is 5.76 Å². The van der Waals surface area contributed by atoms with Gasteiger partial charge < -0.3 is 9.73 Å². The molecule has 0 fully saturated rings. The van der Waals surface area contributed by atoms with Gasteiger partial charge in [0.25, 0.3) is 0 Å². The largest absolute Gasteiger partial charge is 0.419 e. The fraction of sp³-hybridized carbons (Fsp3) is 0.500. The van der Waals surface area contributed by atoms with Gasteiger partial charge in [0.15, 0.2) is 5.58 Å². The van der Waals surface area contributed by atoms with E-state index in [2.05, 4.69) is 26.1 Å². The summed E-state index contributed by atoms with van der Waals surface area (Å²) in [5.74, 6) is -0.320. The zero-order valence-corrected chi connectivity index (χ0v) is 11.6. The summed E-state index contributed by atoms with van der Waals surface area (Å²) >= 11 is 0. The minimum absolute atomic E-state index is 0.0947. The van der Waals surface area contributed by atoms with Crippen LogP contribution in [0.15, 0.2) is 27.4 Å². The van der Waals surface area contributed by atoms with E-state index >= 15 is 0 Å². The van der Waals surface area contributed by atoms with Crippen LogP contribution in [0.2, 0.25) is 0 Å². The van der Waals surface area contributed by atoms with Gasteiger partial charge in [-0.25, -0.2) is 4.79 Å². The molecule has 0 aliphatic rings. The fourth-order valence-corrected chi connectivity index (χ4v) is 2.43. The molecule has 0 spiro atoms. The fourth-order valence-electron chi connectivity index (χ4n) is 2.43. The van der Waals surface area contributed by atoms with E-state index < -0.39 is 0 Å². The number of hydrogen-bond donors (Lipinski definition) is 1. The van der Waals surface area contributed by atoms with E-state index in [0.29, 0.717) is 5.58 Å². The molecule has 2 rings (SSSR count). The second-order valence-corrected chi connectivity index (χ2v) is 5.74. The summed E-state index contributed by atoms with van der Waals surface area (Å²) in [6.45, 7) is 6.54. The van der Waals surface area contributed by atoms with Gasteiger partial charge in [-0.3, -0.25) is 4.57 Å². The number of aromatic nitrogens is 1. The van der Waals surface area contributed by atoms with Gasteiger partial charge in [-0.15, -0.1) is 0 Å². The van der Waals surface area contributed by atoms with Crippen molar-refractivity contribution in [1.29, 1.82) is 0 Å². The summed E-state index contributed by atoms with van der Waals surface area (Å²) in [6.07, 6.45) is 0. The number of benzene rings is 1. The second-order valence-electron chi connectivity index (χ2n) is 5.74. The van der Waals surface area contributed by atoms with Crippen molar-refractivity contribution in [3.05, 3.63) is 34.3 Å². The second kappa shape index (κ2) is 4.28. The average molecular weight is 248 g/mol. The molecule has 98 valence electrons. The van der Waals surface area contributed by atoms with Gasteiger partial charge in [-0.2, -0.15) is 0 Å². The standard InChI is InChI=1S/C14H20N2O2/c1-14(2,3)12(15-4)9-6-7-10-11(8-9)18-13(17)16(10)5/h6-8,12,15H,1-5H3. The normalized spacial score (nSPS) is 14.1. The van der Waals surface area contributed by atoms with Crippen LogP contribution in [0, 0.1) is 5.41 Å². The van der Waals surface area contributed by atoms with Gasteiger partial charge in [0, 0.05) is 13.1 Å². The van der Waals surface area contributed by atoms with Crippen LogP contribution in [-0.2, 0) is 7.05 Å². The highest BCUT2D eigenvalue weighted by Crippen LogP contribution is 2.33. The molecule has 4 nitrogen and oxygen atoms in total. The smallest absolute Gasteiger partial charge is 0.408 e. The summed E-state index contributed by atoms with van der Waals surface area (Å²) in [7, 11) is 3.66. The molecule has 1 heterocycles. The molecule has 1 unspecified atom stereocenters. The molecule has 0 amide bonds. The Kier molecular flexibility index (Phi) is 3.07. The van der Waals surface area contributed by atoms with Crippen molar-refractivity contribution >= 4 is 11.1 Å². The Labute approximate surface area is 107 Å². The predicted molar refractivity (Wildman–Crippen MR) is 72.7 cm³/mol. The summed E-state index contributed by atoms with van der Waals surface area (Å²) in [5, 5.41) is 3.32. The maximum Gasteiger partial charge on any atom is 0.419 e. The molecule has 0 saturated heterocycles. The van der Waals surface area contributed by atoms with Crippen LogP contribution in [0.5, 0.6) is 0 Å². The van der Waals surface area contributed by atoms with Crippen molar-refractivity contribution in [1.82, 2.24) is 9.88 Å². The zero-order chi connectivity index (χ0) is 13.5. The highest BCUT2D eigenvalue weighted by atomic mass is 16.4. The molecular formula is C14H20N2O2. The van der Waals surface area contributed by atoms with Gasteiger partial charge in [-0.05, 0) is 30.2 Å². The highest BCUT2D eigenvalue weighted by molar-refractivity contribution is 5.73. The van der Waals surface area contributed by atoms with E-state index in [1.165, 1.54) is 4.57 Å². The maximum absolute atomic E-state index is 11.5. The van der Waals surface area contributed by atoms with Crippen LogP contribution in [0.1, 0.15) is 32.4 Å².